The molecule has 0 fully saturated rings. The van der Waals surface area contributed by atoms with Gasteiger partial charge in [0.2, 0.25) is 0 Å². The number of nitrogen functional groups attached to an aromatic ring is 1. The molecule has 2 aromatic rings. The molecule has 0 saturated carbocycles. The standard InChI is InChI=1S/C12H14FN5/c1-15-11-10(14)12(18-7-17-11)16-6-8-2-4-9(13)5-3-8/h2-5,7H,6,14H2,1H3,(H2,15,16,17,18). The van der Waals surface area contributed by atoms with Crippen LogP contribution in [0.15, 0.2) is 30.6 Å². The van der Waals surface area contributed by atoms with E-state index in [9.17, 15) is 4.39 Å². The average Bonchev–Trinajstić information content (AvgIpc) is 2.39. The highest BCUT2D eigenvalue weighted by molar-refractivity contribution is 5.73. The van der Waals surface area contributed by atoms with Crippen molar-refractivity contribution in [2.75, 3.05) is 23.4 Å². The van der Waals surface area contributed by atoms with Crippen LogP contribution in [0.4, 0.5) is 21.7 Å². The maximum atomic E-state index is 12.7. The predicted molar refractivity (Wildman–Crippen MR) is 69.7 cm³/mol. The number of halogens is 1. The first-order valence-electron chi connectivity index (χ1n) is 5.47. The van der Waals surface area contributed by atoms with Crippen molar-refractivity contribution in [2.45, 2.75) is 6.54 Å². The molecule has 94 valence electrons. The number of rotatable bonds is 4. The molecule has 0 bridgehead atoms. The zero-order valence-corrected chi connectivity index (χ0v) is 9.94. The summed E-state index contributed by atoms with van der Waals surface area (Å²) in [5.74, 6) is 0.878. The number of hydrogen-bond acceptors (Lipinski definition) is 5. The lowest BCUT2D eigenvalue weighted by Crippen LogP contribution is -2.08. The third-order valence-corrected chi connectivity index (χ3v) is 2.49. The van der Waals surface area contributed by atoms with Gasteiger partial charge in [-0.1, -0.05) is 12.1 Å². The number of anilines is 3. The zero-order chi connectivity index (χ0) is 13.0. The van der Waals surface area contributed by atoms with Crippen molar-refractivity contribution >= 4 is 17.3 Å². The molecule has 0 spiro atoms. The Balaban J connectivity index is 2.08. The van der Waals surface area contributed by atoms with Gasteiger partial charge >= 0.3 is 0 Å². The minimum atomic E-state index is -0.252. The Morgan fingerprint density at radius 3 is 2.50 bits per heavy atom. The number of nitrogens with two attached hydrogens (primary N) is 1. The smallest absolute Gasteiger partial charge is 0.155 e. The summed E-state index contributed by atoms with van der Waals surface area (Å²) in [7, 11) is 1.74. The highest BCUT2D eigenvalue weighted by Crippen LogP contribution is 2.22. The van der Waals surface area contributed by atoms with E-state index in [1.165, 1.54) is 18.5 Å². The second-order valence-corrected chi connectivity index (χ2v) is 3.71. The van der Waals surface area contributed by atoms with Crippen molar-refractivity contribution in [2.24, 2.45) is 0 Å². The van der Waals surface area contributed by atoms with Gasteiger partial charge in [0, 0.05) is 13.6 Å². The third kappa shape index (κ3) is 2.65. The summed E-state index contributed by atoms with van der Waals surface area (Å²) in [5, 5.41) is 5.96. The van der Waals surface area contributed by atoms with Crippen LogP contribution in [0.25, 0.3) is 0 Å². The van der Waals surface area contributed by atoms with Crippen molar-refractivity contribution in [3.63, 3.8) is 0 Å². The highest BCUT2D eigenvalue weighted by Gasteiger charge is 2.05. The summed E-state index contributed by atoms with van der Waals surface area (Å²) in [4.78, 5) is 8.05. The molecule has 0 atom stereocenters. The molecule has 0 unspecified atom stereocenters. The van der Waals surface area contributed by atoms with Gasteiger partial charge in [-0.05, 0) is 17.7 Å². The van der Waals surface area contributed by atoms with Gasteiger partial charge in [0.1, 0.15) is 17.8 Å². The monoisotopic (exact) mass is 247 g/mol. The number of benzene rings is 1. The summed E-state index contributed by atoms with van der Waals surface area (Å²) in [6, 6.07) is 6.25. The van der Waals surface area contributed by atoms with E-state index in [0.717, 1.165) is 5.56 Å². The van der Waals surface area contributed by atoms with Crippen LogP contribution in [0, 0.1) is 5.82 Å². The van der Waals surface area contributed by atoms with Gasteiger partial charge in [0.25, 0.3) is 0 Å². The van der Waals surface area contributed by atoms with E-state index in [-0.39, 0.29) is 5.82 Å². The minimum Gasteiger partial charge on any atom is -0.393 e. The molecule has 0 saturated heterocycles. The maximum Gasteiger partial charge on any atom is 0.155 e. The van der Waals surface area contributed by atoms with Gasteiger partial charge in [-0.15, -0.1) is 0 Å². The van der Waals surface area contributed by atoms with Crippen LogP contribution in [0.5, 0.6) is 0 Å². The molecule has 0 aliphatic carbocycles. The van der Waals surface area contributed by atoms with E-state index in [2.05, 4.69) is 20.6 Å². The predicted octanol–water partition coefficient (Wildman–Crippen LogP) is 1.85. The first kappa shape index (κ1) is 12.1. The molecule has 1 aromatic heterocycles. The first-order valence-corrected chi connectivity index (χ1v) is 5.47. The molecule has 0 aliphatic heterocycles. The molecule has 6 heteroatoms. The lowest BCUT2D eigenvalue weighted by atomic mass is 10.2. The molecular weight excluding hydrogens is 233 g/mol. The van der Waals surface area contributed by atoms with Gasteiger partial charge in [-0.25, -0.2) is 14.4 Å². The second kappa shape index (κ2) is 5.31. The second-order valence-electron chi connectivity index (χ2n) is 3.71. The van der Waals surface area contributed by atoms with Gasteiger partial charge in [0.15, 0.2) is 11.6 Å². The molecule has 0 radical (unpaired) electrons. The number of hydrogen-bond donors (Lipinski definition) is 3. The molecule has 0 aliphatic rings. The van der Waals surface area contributed by atoms with E-state index >= 15 is 0 Å². The fourth-order valence-electron chi connectivity index (χ4n) is 1.52. The number of nitrogens with zero attached hydrogens (tertiary/aromatic N) is 2. The van der Waals surface area contributed by atoms with Crippen LogP contribution in [0.3, 0.4) is 0 Å². The quantitative estimate of drug-likeness (QED) is 0.768. The SMILES string of the molecule is CNc1ncnc(NCc2ccc(F)cc2)c1N. The number of aromatic nitrogens is 2. The first-order chi connectivity index (χ1) is 8.70. The summed E-state index contributed by atoms with van der Waals surface area (Å²) in [6.45, 7) is 0.518. The van der Waals surface area contributed by atoms with Crippen LogP contribution < -0.4 is 16.4 Å². The van der Waals surface area contributed by atoms with Crippen LogP contribution in [-0.4, -0.2) is 17.0 Å². The van der Waals surface area contributed by atoms with Crippen LogP contribution in [-0.2, 0) is 6.54 Å². The fraction of sp³-hybridized carbons (Fsp3) is 0.167. The van der Waals surface area contributed by atoms with Gasteiger partial charge < -0.3 is 16.4 Å². The summed E-state index contributed by atoms with van der Waals surface area (Å²) in [6.07, 6.45) is 1.43. The molecule has 2 rings (SSSR count). The lowest BCUT2D eigenvalue weighted by Gasteiger charge is -2.10. The Morgan fingerprint density at radius 2 is 1.83 bits per heavy atom. The van der Waals surface area contributed by atoms with Crippen LogP contribution >= 0.6 is 0 Å². The molecule has 18 heavy (non-hydrogen) atoms. The Hall–Kier alpha value is -2.37. The van der Waals surface area contributed by atoms with Crippen LogP contribution in [0.2, 0.25) is 0 Å². The van der Waals surface area contributed by atoms with Crippen molar-refractivity contribution < 1.29 is 4.39 Å². The zero-order valence-electron chi connectivity index (χ0n) is 9.94. The average molecular weight is 247 g/mol. The van der Waals surface area contributed by atoms with E-state index < -0.39 is 0 Å². The molecule has 5 nitrogen and oxygen atoms in total. The Kier molecular flexibility index (Phi) is 3.57. The van der Waals surface area contributed by atoms with Gasteiger partial charge in [-0.2, -0.15) is 0 Å². The Morgan fingerprint density at radius 1 is 1.17 bits per heavy atom. The largest absolute Gasteiger partial charge is 0.393 e. The van der Waals surface area contributed by atoms with E-state index in [1.807, 2.05) is 0 Å². The molecule has 4 N–H and O–H groups in total. The third-order valence-electron chi connectivity index (χ3n) is 2.49. The molecule has 0 amide bonds. The van der Waals surface area contributed by atoms with Gasteiger partial charge in [-0.3, -0.25) is 0 Å². The summed E-state index contributed by atoms with van der Waals surface area (Å²) in [5.41, 5.74) is 7.28. The molecule has 1 aromatic carbocycles. The van der Waals surface area contributed by atoms with E-state index in [1.54, 1.807) is 19.2 Å². The lowest BCUT2D eigenvalue weighted by molar-refractivity contribution is 0.627. The molecule has 1 heterocycles. The van der Waals surface area contributed by atoms with Crippen LogP contribution in [0.1, 0.15) is 5.56 Å². The fourth-order valence-corrected chi connectivity index (χ4v) is 1.52. The van der Waals surface area contributed by atoms with Crippen molar-refractivity contribution in [1.29, 1.82) is 0 Å². The maximum absolute atomic E-state index is 12.7. The van der Waals surface area contributed by atoms with E-state index in [0.29, 0.717) is 23.9 Å². The Labute approximate surface area is 104 Å². The topological polar surface area (TPSA) is 75.9 Å². The van der Waals surface area contributed by atoms with Crippen molar-refractivity contribution in [1.82, 2.24) is 9.97 Å². The minimum absolute atomic E-state index is 0.252. The van der Waals surface area contributed by atoms with Crippen molar-refractivity contribution in [3.8, 4) is 0 Å². The van der Waals surface area contributed by atoms with Gasteiger partial charge in [0.05, 0.1) is 0 Å². The summed E-state index contributed by atoms with van der Waals surface area (Å²) < 4.78 is 12.7. The van der Waals surface area contributed by atoms with Crippen molar-refractivity contribution in [3.05, 3.63) is 42.0 Å². The number of nitrogens with one attached hydrogen (secondary N) is 2. The molecular formula is C12H14FN5. The Bertz CT molecular complexity index is 526. The van der Waals surface area contributed by atoms with E-state index in [4.69, 9.17) is 5.73 Å². The highest BCUT2D eigenvalue weighted by atomic mass is 19.1. The normalized spacial score (nSPS) is 10.1. The summed E-state index contributed by atoms with van der Waals surface area (Å²) >= 11 is 0.